The predicted molar refractivity (Wildman–Crippen MR) is 51.0 cm³/mol. The van der Waals surface area contributed by atoms with E-state index >= 15 is 0 Å². The number of nitrogens with one attached hydrogen (secondary N) is 2. The summed E-state index contributed by atoms with van der Waals surface area (Å²) in [5.41, 5.74) is 4.86. The monoisotopic (exact) mass is 174 g/mol. The quantitative estimate of drug-likeness (QED) is 0.232. The predicted octanol–water partition coefficient (Wildman–Crippen LogP) is 0.356. The highest BCUT2D eigenvalue weighted by Crippen LogP contribution is 2.07. The molecule has 0 aromatic carbocycles. The first-order valence-corrected chi connectivity index (χ1v) is 3.67. The van der Waals surface area contributed by atoms with E-state index in [0.717, 1.165) is 0 Å². The summed E-state index contributed by atoms with van der Waals surface area (Å²) in [5.74, 6) is 4.99. The van der Waals surface area contributed by atoms with Crippen LogP contribution in [-0.4, -0.2) is 11.3 Å². The van der Waals surface area contributed by atoms with Crippen molar-refractivity contribution in [3.05, 3.63) is 0 Å². The molecule has 0 radical (unpaired) electrons. The van der Waals surface area contributed by atoms with Gasteiger partial charge in [0.15, 0.2) is 0 Å². The molecule has 0 aliphatic carbocycles. The van der Waals surface area contributed by atoms with Gasteiger partial charge in [-0.15, -0.1) is 0 Å². The summed E-state index contributed by atoms with van der Waals surface area (Å²) in [7, 11) is 0. The van der Waals surface area contributed by atoms with E-state index in [9.17, 15) is 0 Å². The zero-order chi connectivity index (χ0) is 8.91. The van der Waals surface area contributed by atoms with Crippen LogP contribution < -0.4 is 16.7 Å². The van der Waals surface area contributed by atoms with E-state index in [1.54, 1.807) is 6.21 Å². The Hall–Kier alpha value is -0.680. The fourth-order valence-corrected chi connectivity index (χ4v) is 0.370. The van der Waals surface area contributed by atoms with Crippen LogP contribution in [0.2, 0.25) is 0 Å². The van der Waals surface area contributed by atoms with Crippen LogP contribution >= 0.6 is 12.2 Å². The van der Waals surface area contributed by atoms with Gasteiger partial charge in [-0.2, -0.15) is 5.10 Å². The second kappa shape index (κ2) is 4.25. The second-order valence-electron chi connectivity index (χ2n) is 3.21. The summed E-state index contributed by atoms with van der Waals surface area (Å²) >= 11 is 4.68. The van der Waals surface area contributed by atoms with Gasteiger partial charge in [-0.3, -0.25) is 10.9 Å². The molecule has 0 unspecified atom stereocenters. The van der Waals surface area contributed by atoms with Gasteiger partial charge in [0.1, 0.15) is 0 Å². The fraction of sp³-hybridized carbons (Fsp3) is 0.667. The van der Waals surface area contributed by atoms with Gasteiger partial charge >= 0.3 is 0 Å². The first-order chi connectivity index (χ1) is 4.95. The van der Waals surface area contributed by atoms with E-state index in [-0.39, 0.29) is 5.41 Å². The molecule has 5 heteroatoms. The maximum Gasteiger partial charge on any atom is 0.201 e. The summed E-state index contributed by atoms with van der Waals surface area (Å²) in [6.07, 6.45) is 1.76. The Morgan fingerprint density at radius 3 is 2.45 bits per heavy atom. The van der Waals surface area contributed by atoms with Crippen molar-refractivity contribution in [2.75, 3.05) is 0 Å². The van der Waals surface area contributed by atoms with Gasteiger partial charge in [-0.25, -0.2) is 5.84 Å². The van der Waals surface area contributed by atoms with Gasteiger partial charge in [-0.05, 0) is 17.6 Å². The molecular weight excluding hydrogens is 160 g/mol. The van der Waals surface area contributed by atoms with E-state index < -0.39 is 0 Å². The molecule has 0 amide bonds. The summed E-state index contributed by atoms with van der Waals surface area (Å²) in [5, 5.41) is 4.17. The molecule has 4 nitrogen and oxygen atoms in total. The number of thiocarbonyl (C=S) groups is 1. The maximum atomic E-state index is 4.99. The Balaban J connectivity index is 3.70. The minimum Gasteiger partial charge on any atom is -0.300 e. The van der Waals surface area contributed by atoms with Crippen molar-refractivity contribution >= 4 is 23.5 Å². The average molecular weight is 174 g/mol. The molecule has 0 atom stereocenters. The van der Waals surface area contributed by atoms with Gasteiger partial charge in [0.05, 0.1) is 0 Å². The molecule has 11 heavy (non-hydrogen) atoms. The van der Waals surface area contributed by atoms with Crippen molar-refractivity contribution in [1.29, 1.82) is 0 Å². The number of rotatable bonds is 1. The van der Waals surface area contributed by atoms with Gasteiger partial charge in [0, 0.05) is 6.21 Å². The van der Waals surface area contributed by atoms with E-state index in [4.69, 9.17) is 5.84 Å². The molecule has 0 bridgehead atoms. The molecule has 0 aromatic heterocycles. The molecule has 0 rings (SSSR count). The first kappa shape index (κ1) is 10.3. The van der Waals surface area contributed by atoms with Crippen LogP contribution in [0.25, 0.3) is 0 Å². The lowest BCUT2D eigenvalue weighted by Crippen LogP contribution is -2.37. The molecule has 0 aliphatic rings. The molecule has 0 fully saturated rings. The summed E-state index contributed by atoms with van der Waals surface area (Å²) in [6.45, 7) is 6.12. The molecule has 0 saturated heterocycles. The van der Waals surface area contributed by atoms with Gasteiger partial charge in [-0.1, -0.05) is 20.8 Å². The summed E-state index contributed by atoms with van der Waals surface area (Å²) < 4.78 is 0. The van der Waals surface area contributed by atoms with Crippen LogP contribution in [0.15, 0.2) is 5.10 Å². The third-order valence-electron chi connectivity index (χ3n) is 0.749. The lowest BCUT2D eigenvalue weighted by atomic mass is 9.99. The van der Waals surface area contributed by atoms with Gasteiger partial charge < -0.3 is 0 Å². The third-order valence-corrected chi connectivity index (χ3v) is 0.958. The highest BCUT2D eigenvalue weighted by molar-refractivity contribution is 7.80. The average Bonchev–Trinajstić information content (AvgIpc) is 1.85. The molecule has 0 saturated carbocycles. The smallest absolute Gasteiger partial charge is 0.201 e. The van der Waals surface area contributed by atoms with E-state index in [0.29, 0.717) is 5.11 Å². The van der Waals surface area contributed by atoms with Crippen molar-refractivity contribution in [2.24, 2.45) is 16.4 Å². The highest BCUT2D eigenvalue weighted by Gasteiger charge is 2.04. The van der Waals surface area contributed by atoms with Crippen LogP contribution in [0.3, 0.4) is 0 Å². The van der Waals surface area contributed by atoms with Crippen LogP contribution in [0.4, 0.5) is 0 Å². The normalized spacial score (nSPS) is 11.6. The summed E-state index contributed by atoms with van der Waals surface area (Å²) in [4.78, 5) is 0. The third kappa shape index (κ3) is 7.21. The number of hydrazine groups is 1. The standard InChI is InChI=1S/C6H14N4S/c1-6(2,3)4-8-10-5(11)9-7/h4H,7H2,1-3H3,(H2,9,10,11)/b8-4+. The Bertz CT molecular complexity index is 158. The SMILES string of the molecule is CC(C)(C)/C=N/NC(=S)NN. The number of nitrogens with zero attached hydrogens (tertiary/aromatic N) is 1. The Kier molecular flexibility index (Phi) is 3.99. The molecule has 0 spiro atoms. The molecule has 0 heterocycles. The number of hydrogen-bond acceptors (Lipinski definition) is 3. The van der Waals surface area contributed by atoms with Crippen molar-refractivity contribution in [2.45, 2.75) is 20.8 Å². The van der Waals surface area contributed by atoms with Crippen LogP contribution in [0, 0.1) is 5.41 Å². The molecule has 0 aliphatic heterocycles. The van der Waals surface area contributed by atoms with Gasteiger partial charge in [0.25, 0.3) is 0 Å². The van der Waals surface area contributed by atoms with Crippen molar-refractivity contribution in [3.8, 4) is 0 Å². The number of hydrazone groups is 1. The van der Waals surface area contributed by atoms with Crippen molar-refractivity contribution in [1.82, 2.24) is 10.9 Å². The van der Waals surface area contributed by atoms with Crippen molar-refractivity contribution < 1.29 is 0 Å². The minimum atomic E-state index is 0.0528. The van der Waals surface area contributed by atoms with Gasteiger partial charge in [0.2, 0.25) is 5.11 Å². The Morgan fingerprint density at radius 2 is 2.09 bits per heavy atom. The minimum absolute atomic E-state index is 0.0528. The molecular formula is C6H14N4S. The lowest BCUT2D eigenvalue weighted by Gasteiger charge is -2.09. The fourth-order valence-electron chi connectivity index (χ4n) is 0.317. The van der Waals surface area contributed by atoms with Crippen LogP contribution in [0.5, 0.6) is 0 Å². The topological polar surface area (TPSA) is 62.4 Å². The summed E-state index contributed by atoms with van der Waals surface area (Å²) in [6, 6.07) is 0. The molecule has 0 aromatic rings. The largest absolute Gasteiger partial charge is 0.300 e. The zero-order valence-corrected chi connectivity index (χ0v) is 7.83. The number of nitrogens with two attached hydrogens (primary N) is 1. The molecule has 64 valence electrons. The maximum absolute atomic E-state index is 4.99. The Morgan fingerprint density at radius 1 is 1.55 bits per heavy atom. The van der Waals surface area contributed by atoms with Crippen LogP contribution in [0.1, 0.15) is 20.8 Å². The molecule has 4 N–H and O–H groups in total. The first-order valence-electron chi connectivity index (χ1n) is 3.26. The van der Waals surface area contributed by atoms with E-state index in [1.165, 1.54) is 0 Å². The van der Waals surface area contributed by atoms with Crippen LogP contribution in [-0.2, 0) is 0 Å². The van der Waals surface area contributed by atoms with Crippen molar-refractivity contribution in [3.63, 3.8) is 0 Å². The zero-order valence-electron chi connectivity index (χ0n) is 7.01. The highest BCUT2D eigenvalue weighted by atomic mass is 32.1. The van der Waals surface area contributed by atoms with E-state index in [2.05, 4.69) is 28.2 Å². The lowest BCUT2D eigenvalue weighted by molar-refractivity contribution is 0.602. The second-order valence-corrected chi connectivity index (χ2v) is 3.62. The van der Waals surface area contributed by atoms with E-state index in [1.807, 2.05) is 20.8 Å². The Labute approximate surface area is 72.2 Å². The number of hydrogen-bond donors (Lipinski definition) is 3.